The van der Waals surface area contributed by atoms with Gasteiger partial charge in [-0.3, -0.25) is 4.79 Å². The number of benzene rings is 2. The SMILES string of the molecule is O=C(c1cccc(S(=O)(=O)NCC2CCCO2)c1)N1CCC(Nc2ccccc2)C1. The number of nitrogens with one attached hydrogen (secondary N) is 2. The molecule has 4 rings (SSSR count). The molecule has 30 heavy (non-hydrogen) atoms. The van der Waals surface area contributed by atoms with Gasteiger partial charge in [0.1, 0.15) is 0 Å². The van der Waals surface area contributed by atoms with E-state index >= 15 is 0 Å². The fraction of sp³-hybridized carbons (Fsp3) is 0.409. The molecule has 0 aromatic heterocycles. The van der Waals surface area contributed by atoms with Crippen molar-refractivity contribution in [3.63, 3.8) is 0 Å². The van der Waals surface area contributed by atoms with Crippen LogP contribution in [0.1, 0.15) is 29.6 Å². The van der Waals surface area contributed by atoms with Gasteiger partial charge >= 0.3 is 0 Å². The van der Waals surface area contributed by atoms with Crippen molar-refractivity contribution in [3.8, 4) is 0 Å². The number of hydrogen-bond donors (Lipinski definition) is 2. The van der Waals surface area contributed by atoms with Gasteiger partial charge in [-0.1, -0.05) is 24.3 Å². The lowest BCUT2D eigenvalue weighted by molar-refractivity contribution is 0.0791. The third kappa shape index (κ3) is 5.00. The molecule has 0 spiro atoms. The third-order valence-corrected chi connectivity index (χ3v) is 6.96. The molecule has 2 fully saturated rings. The Bertz CT molecular complexity index is 975. The van der Waals surface area contributed by atoms with Crippen molar-refractivity contribution in [2.24, 2.45) is 0 Å². The molecule has 2 aromatic rings. The molecule has 7 nitrogen and oxygen atoms in total. The highest BCUT2D eigenvalue weighted by Crippen LogP contribution is 2.20. The summed E-state index contributed by atoms with van der Waals surface area (Å²) >= 11 is 0. The monoisotopic (exact) mass is 429 g/mol. The molecule has 2 aliphatic heterocycles. The van der Waals surface area contributed by atoms with Gasteiger partial charge in [0.15, 0.2) is 0 Å². The standard InChI is InChI=1S/C22H27N3O4S/c26-22(25-12-11-19(16-25)24-18-7-2-1-3-8-18)17-6-4-10-21(14-17)30(27,28)23-15-20-9-5-13-29-20/h1-4,6-8,10,14,19-20,23-24H,5,9,11-13,15-16H2. The maximum Gasteiger partial charge on any atom is 0.253 e. The van der Waals surface area contributed by atoms with Gasteiger partial charge < -0.3 is 15.0 Å². The van der Waals surface area contributed by atoms with E-state index in [4.69, 9.17) is 4.74 Å². The van der Waals surface area contributed by atoms with Gasteiger partial charge in [0.25, 0.3) is 5.91 Å². The Hall–Kier alpha value is -2.42. The number of para-hydroxylation sites is 1. The van der Waals surface area contributed by atoms with E-state index in [9.17, 15) is 13.2 Å². The van der Waals surface area contributed by atoms with Crippen LogP contribution in [0.25, 0.3) is 0 Å². The van der Waals surface area contributed by atoms with Crippen molar-refractivity contribution < 1.29 is 17.9 Å². The maximum absolute atomic E-state index is 13.0. The minimum absolute atomic E-state index is 0.0803. The van der Waals surface area contributed by atoms with E-state index in [-0.39, 0.29) is 29.5 Å². The Balaban J connectivity index is 1.38. The first kappa shape index (κ1) is 20.8. The lowest BCUT2D eigenvalue weighted by Gasteiger charge is -2.18. The summed E-state index contributed by atoms with van der Waals surface area (Å²) in [7, 11) is -3.69. The predicted octanol–water partition coefficient (Wildman–Crippen LogP) is 2.47. The molecule has 2 saturated heterocycles. The van der Waals surface area contributed by atoms with Gasteiger partial charge in [0, 0.05) is 43.5 Å². The molecule has 8 heteroatoms. The molecule has 2 N–H and O–H groups in total. The van der Waals surface area contributed by atoms with Crippen molar-refractivity contribution in [2.75, 3.05) is 31.6 Å². The second-order valence-corrected chi connectivity index (χ2v) is 9.53. The number of carbonyl (C=O) groups is 1. The lowest BCUT2D eigenvalue weighted by Crippen LogP contribution is -2.33. The second-order valence-electron chi connectivity index (χ2n) is 7.76. The molecule has 0 saturated carbocycles. The number of rotatable bonds is 7. The Morgan fingerprint density at radius 3 is 2.70 bits per heavy atom. The van der Waals surface area contributed by atoms with E-state index in [0.717, 1.165) is 24.9 Å². The van der Waals surface area contributed by atoms with Gasteiger partial charge in [0.2, 0.25) is 10.0 Å². The lowest BCUT2D eigenvalue weighted by atomic mass is 10.2. The molecular formula is C22H27N3O4S. The summed E-state index contributed by atoms with van der Waals surface area (Å²) < 4.78 is 33.3. The summed E-state index contributed by atoms with van der Waals surface area (Å²) in [6.07, 6.45) is 2.57. The number of hydrogen-bond acceptors (Lipinski definition) is 5. The van der Waals surface area contributed by atoms with Crippen LogP contribution in [-0.4, -0.2) is 57.6 Å². The van der Waals surface area contributed by atoms with Crippen LogP contribution >= 0.6 is 0 Å². The van der Waals surface area contributed by atoms with Crippen molar-refractivity contribution in [2.45, 2.75) is 36.3 Å². The average Bonchev–Trinajstić information content (AvgIpc) is 3.45. The van der Waals surface area contributed by atoms with Gasteiger partial charge in [0.05, 0.1) is 11.0 Å². The molecule has 2 heterocycles. The smallest absolute Gasteiger partial charge is 0.253 e. The van der Waals surface area contributed by atoms with E-state index in [1.807, 2.05) is 30.3 Å². The summed E-state index contributed by atoms with van der Waals surface area (Å²) in [6.45, 7) is 2.14. The maximum atomic E-state index is 13.0. The molecule has 2 aliphatic rings. The largest absolute Gasteiger partial charge is 0.380 e. The fourth-order valence-electron chi connectivity index (χ4n) is 3.90. The predicted molar refractivity (Wildman–Crippen MR) is 115 cm³/mol. The zero-order valence-corrected chi connectivity index (χ0v) is 17.6. The van der Waals surface area contributed by atoms with Gasteiger partial charge in [-0.2, -0.15) is 0 Å². The van der Waals surface area contributed by atoms with Gasteiger partial charge in [-0.05, 0) is 49.6 Å². The van der Waals surface area contributed by atoms with Crippen LogP contribution < -0.4 is 10.0 Å². The highest BCUT2D eigenvalue weighted by atomic mass is 32.2. The first-order valence-electron chi connectivity index (χ1n) is 10.3. The minimum Gasteiger partial charge on any atom is -0.380 e. The Morgan fingerprint density at radius 1 is 1.10 bits per heavy atom. The molecule has 2 aromatic carbocycles. The molecule has 2 atom stereocenters. The van der Waals surface area contributed by atoms with E-state index in [1.54, 1.807) is 17.0 Å². The Morgan fingerprint density at radius 2 is 1.93 bits per heavy atom. The highest BCUT2D eigenvalue weighted by Gasteiger charge is 2.28. The minimum atomic E-state index is -3.69. The number of amides is 1. The third-order valence-electron chi connectivity index (χ3n) is 5.54. The normalized spacial score (nSPS) is 21.7. The zero-order valence-electron chi connectivity index (χ0n) is 16.8. The summed E-state index contributed by atoms with van der Waals surface area (Å²) in [5, 5.41) is 3.44. The number of carbonyl (C=O) groups excluding carboxylic acids is 1. The van der Waals surface area contributed by atoms with Crippen LogP contribution in [0.2, 0.25) is 0 Å². The van der Waals surface area contributed by atoms with Gasteiger partial charge in [-0.25, -0.2) is 13.1 Å². The summed E-state index contributed by atoms with van der Waals surface area (Å²) in [6, 6.07) is 16.3. The van der Waals surface area contributed by atoms with Crippen LogP contribution in [0, 0.1) is 0 Å². The summed E-state index contributed by atoms with van der Waals surface area (Å²) in [5.74, 6) is -0.150. The quantitative estimate of drug-likeness (QED) is 0.706. The highest BCUT2D eigenvalue weighted by molar-refractivity contribution is 7.89. The number of sulfonamides is 1. The van der Waals surface area contributed by atoms with E-state index < -0.39 is 10.0 Å². The Kier molecular flexibility index (Phi) is 6.36. The molecule has 2 unspecified atom stereocenters. The van der Waals surface area contributed by atoms with E-state index in [2.05, 4.69) is 10.0 Å². The van der Waals surface area contributed by atoms with Gasteiger partial charge in [-0.15, -0.1) is 0 Å². The number of ether oxygens (including phenoxy) is 1. The van der Waals surface area contributed by atoms with Crippen molar-refractivity contribution in [1.82, 2.24) is 9.62 Å². The molecule has 1 amide bonds. The van der Waals surface area contributed by atoms with Crippen LogP contribution in [0.4, 0.5) is 5.69 Å². The molecule has 0 aliphatic carbocycles. The van der Waals surface area contributed by atoms with Crippen LogP contribution in [-0.2, 0) is 14.8 Å². The first-order chi connectivity index (χ1) is 14.5. The van der Waals surface area contributed by atoms with Crippen molar-refractivity contribution in [1.29, 1.82) is 0 Å². The zero-order chi connectivity index (χ0) is 21.0. The van der Waals surface area contributed by atoms with Crippen LogP contribution in [0.3, 0.4) is 0 Å². The van der Waals surface area contributed by atoms with Crippen molar-refractivity contribution in [3.05, 3.63) is 60.2 Å². The molecule has 0 bridgehead atoms. The Labute approximate surface area is 177 Å². The van der Waals surface area contributed by atoms with Crippen molar-refractivity contribution >= 4 is 21.6 Å². The topological polar surface area (TPSA) is 87.7 Å². The molecule has 160 valence electrons. The van der Waals surface area contributed by atoms with Crippen LogP contribution in [0.5, 0.6) is 0 Å². The first-order valence-corrected chi connectivity index (χ1v) is 11.8. The fourth-order valence-corrected chi connectivity index (χ4v) is 5.01. The molecule has 0 radical (unpaired) electrons. The summed E-state index contributed by atoms with van der Waals surface area (Å²) in [4.78, 5) is 14.8. The number of nitrogens with zero attached hydrogens (tertiary/aromatic N) is 1. The number of anilines is 1. The van der Waals surface area contributed by atoms with E-state index in [0.29, 0.717) is 25.3 Å². The number of likely N-dealkylation sites (tertiary alicyclic amines) is 1. The summed E-state index contributed by atoms with van der Waals surface area (Å²) in [5.41, 5.74) is 1.41. The second kappa shape index (κ2) is 9.16. The van der Waals surface area contributed by atoms with E-state index in [1.165, 1.54) is 12.1 Å². The van der Waals surface area contributed by atoms with Crippen LogP contribution in [0.15, 0.2) is 59.5 Å². The average molecular weight is 430 g/mol. The molecular weight excluding hydrogens is 402 g/mol.